The lowest BCUT2D eigenvalue weighted by atomic mass is 9.87. The first-order chi connectivity index (χ1) is 12.5. The molecule has 0 aliphatic carbocycles. The van der Waals surface area contributed by atoms with Gasteiger partial charge < -0.3 is 10.0 Å². The van der Waals surface area contributed by atoms with E-state index in [0.717, 1.165) is 17.7 Å². The first-order valence-electron chi connectivity index (χ1n) is 9.12. The summed E-state index contributed by atoms with van der Waals surface area (Å²) >= 11 is 0. The summed E-state index contributed by atoms with van der Waals surface area (Å²) in [5, 5.41) is 13.7. The number of likely N-dealkylation sites (tertiary alicyclic amines) is 1. The number of hydrogen-bond donors (Lipinski definition) is 1. The molecule has 1 aromatic carbocycles. The molecule has 1 aliphatic heterocycles. The molecule has 6 nitrogen and oxygen atoms in total. The molecule has 2 atom stereocenters. The maximum Gasteiger partial charge on any atom is 0.306 e. The molecule has 138 valence electrons. The van der Waals surface area contributed by atoms with Crippen LogP contribution >= 0.6 is 0 Å². The van der Waals surface area contributed by atoms with E-state index >= 15 is 0 Å². The molecule has 1 fully saturated rings. The minimum Gasteiger partial charge on any atom is -0.481 e. The van der Waals surface area contributed by atoms with E-state index in [-0.39, 0.29) is 17.7 Å². The molecule has 2 aromatic rings. The highest BCUT2D eigenvalue weighted by Crippen LogP contribution is 2.25. The zero-order chi connectivity index (χ0) is 18.7. The fraction of sp³-hybridized carbons (Fsp3) is 0.450. The Morgan fingerprint density at radius 2 is 2.00 bits per heavy atom. The smallest absolute Gasteiger partial charge is 0.306 e. The molecule has 1 saturated heterocycles. The third-order valence-electron chi connectivity index (χ3n) is 5.20. The number of carbonyl (C=O) groups is 2. The van der Waals surface area contributed by atoms with E-state index in [4.69, 9.17) is 0 Å². The monoisotopic (exact) mass is 355 g/mol. The van der Waals surface area contributed by atoms with E-state index in [1.54, 1.807) is 11.1 Å². The van der Waals surface area contributed by atoms with Crippen molar-refractivity contribution < 1.29 is 14.7 Å². The molecule has 2 unspecified atom stereocenters. The number of rotatable bonds is 5. The van der Waals surface area contributed by atoms with Gasteiger partial charge in [-0.25, -0.2) is 0 Å². The van der Waals surface area contributed by atoms with Crippen LogP contribution < -0.4 is 0 Å². The third-order valence-corrected chi connectivity index (χ3v) is 5.20. The second-order valence-corrected chi connectivity index (χ2v) is 6.96. The van der Waals surface area contributed by atoms with Crippen LogP contribution in [0.2, 0.25) is 0 Å². The van der Waals surface area contributed by atoms with Gasteiger partial charge in [0.1, 0.15) is 0 Å². The van der Waals surface area contributed by atoms with Gasteiger partial charge in [-0.15, -0.1) is 0 Å². The van der Waals surface area contributed by atoms with Crippen LogP contribution in [0.25, 0.3) is 0 Å². The van der Waals surface area contributed by atoms with Crippen molar-refractivity contribution in [3.8, 4) is 0 Å². The molecule has 0 radical (unpaired) electrons. The Bertz CT molecular complexity index is 785. The summed E-state index contributed by atoms with van der Waals surface area (Å²) in [5.41, 5.74) is 2.69. The Kier molecular flexibility index (Phi) is 5.40. The lowest BCUT2D eigenvalue weighted by molar-refractivity contribution is -0.145. The zero-order valence-electron chi connectivity index (χ0n) is 15.3. The summed E-state index contributed by atoms with van der Waals surface area (Å²) in [4.78, 5) is 26.0. The van der Waals surface area contributed by atoms with Crippen LogP contribution in [-0.4, -0.2) is 44.8 Å². The van der Waals surface area contributed by atoms with Crippen LogP contribution in [0.3, 0.4) is 0 Å². The van der Waals surface area contributed by atoms with Crippen molar-refractivity contribution in [1.82, 2.24) is 14.7 Å². The maximum atomic E-state index is 13.0. The number of benzene rings is 1. The molecular formula is C20H25N3O3. The standard InChI is InChI=1S/C20H25N3O3/c1-3-18-17(11-21-23(18)13-15-7-5-4-6-8-15)19(24)22-10-9-16(20(25)26)14(2)12-22/h4-8,11,14,16H,3,9-10,12-13H2,1-2H3,(H,25,26). The highest BCUT2D eigenvalue weighted by Gasteiger charge is 2.34. The Labute approximate surface area is 153 Å². The molecule has 26 heavy (non-hydrogen) atoms. The molecule has 1 aromatic heterocycles. The predicted octanol–water partition coefficient (Wildman–Crippen LogP) is 2.68. The lowest BCUT2D eigenvalue weighted by Gasteiger charge is -2.34. The summed E-state index contributed by atoms with van der Waals surface area (Å²) in [7, 11) is 0. The summed E-state index contributed by atoms with van der Waals surface area (Å²) in [6.45, 7) is 5.51. The molecule has 2 heterocycles. The second kappa shape index (κ2) is 7.72. The van der Waals surface area contributed by atoms with Gasteiger partial charge in [0, 0.05) is 13.1 Å². The number of carbonyl (C=O) groups excluding carboxylic acids is 1. The molecule has 1 amide bonds. The molecular weight excluding hydrogens is 330 g/mol. The summed E-state index contributed by atoms with van der Waals surface area (Å²) in [6.07, 6.45) is 2.87. The average Bonchev–Trinajstić information content (AvgIpc) is 3.04. The number of piperidine rings is 1. The average molecular weight is 355 g/mol. The van der Waals surface area contributed by atoms with Gasteiger partial charge in [0.2, 0.25) is 0 Å². The van der Waals surface area contributed by atoms with Crippen LogP contribution in [0.15, 0.2) is 36.5 Å². The molecule has 0 spiro atoms. The molecule has 0 bridgehead atoms. The minimum absolute atomic E-state index is 0.0446. The highest BCUT2D eigenvalue weighted by molar-refractivity contribution is 5.95. The van der Waals surface area contributed by atoms with Gasteiger partial charge in [0.25, 0.3) is 5.91 Å². The van der Waals surface area contributed by atoms with Crippen LogP contribution in [0.1, 0.15) is 41.9 Å². The number of aromatic nitrogens is 2. The largest absolute Gasteiger partial charge is 0.481 e. The van der Waals surface area contributed by atoms with E-state index in [1.165, 1.54) is 0 Å². The lowest BCUT2D eigenvalue weighted by Crippen LogP contribution is -2.45. The van der Waals surface area contributed by atoms with E-state index in [0.29, 0.717) is 31.6 Å². The number of nitrogens with zero attached hydrogens (tertiary/aromatic N) is 3. The molecule has 6 heteroatoms. The van der Waals surface area contributed by atoms with Crippen molar-refractivity contribution in [3.05, 3.63) is 53.3 Å². The Morgan fingerprint density at radius 1 is 1.27 bits per heavy atom. The summed E-state index contributed by atoms with van der Waals surface area (Å²) in [6, 6.07) is 10.0. The van der Waals surface area contributed by atoms with E-state index in [9.17, 15) is 14.7 Å². The van der Waals surface area contributed by atoms with Gasteiger partial charge >= 0.3 is 5.97 Å². The number of carboxylic acids is 1. The van der Waals surface area contributed by atoms with Crippen molar-refractivity contribution in [2.75, 3.05) is 13.1 Å². The number of aliphatic carboxylic acids is 1. The normalized spacial score (nSPS) is 20.2. The topological polar surface area (TPSA) is 75.4 Å². The van der Waals surface area contributed by atoms with Crippen LogP contribution in [0.5, 0.6) is 0 Å². The van der Waals surface area contributed by atoms with E-state index in [1.807, 2.05) is 48.9 Å². The molecule has 3 rings (SSSR count). The molecule has 1 aliphatic rings. The van der Waals surface area contributed by atoms with Crippen molar-refractivity contribution in [2.45, 2.75) is 33.2 Å². The number of hydrogen-bond acceptors (Lipinski definition) is 3. The predicted molar refractivity (Wildman–Crippen MR) is 98.0 cm³/mol. The van der Waals surface area contributed by atoms with Gasteiger partial charge in [-0.3, -0.25) is 14.3 Å². The fourth-order valence-corrected chi connectivity index (χ4v) is 3.72. The Hall–Kier alpha value is -2.63. The van der Waals surface area contributed by atoms with E-state index in [2.05, 4.69) is 5.10 Å². The first-order valence-corrected chi connectivity index (χ1v) is 9.12. The van der Waals surface area contributed by atoms with Gasteiger partial charge in [-0.2, -0.15) is 5.10 Å². The summed E-state index contributed by atoms with van der Waals surface area (Å²) < 4.78 is 1.88. The number of amides is 1. The maximum absolute atomic E-state index is 13.0. The van der Waals surface area contributed by atoms with Crippen LogP contribution in [0.4, 0.5) is 0 Å². The molecule has 1 N–H and O–H groups in total. The quantitative estimate of drug-likeness (QED) is 0.895. The van der Waals surface area contributed by atoms with Crippen molar-refractivity contribution in [2.24, 2.45) is 11.8 Å². The zero-order valence-corrected chi connectivity index (χ0v) is 15.3. The SMILES string of the molecule is CCc1c(C(=O)N2CCC(C(=O)O)C(C)C2)cnn1Cc1ccccc1. The van der Waals surface area contributed by atoms with Crippen LogP contribution in [-0.2, 0) is 17.8 Å². The third kappa shape index (κ3) is 3.64. The molecule has 0 saturated carbocycles. The second-order valence-electron chi connectivity index (χ2n) is 6.96. The number of carboxylic acid groups (broad SMARTS) is 1. The van der Waals surface area contributed by atoms with Crippen molar-refractivity contribution in [3.63, 3.8) is 0 Å². The van der Waals surface area contributed by atoms with Crippen molar-refractivity contribution >= 4 is 11.9 Å². The Balaban J connectivity index is 1.77. The van der Waals surface area contributed by atoms with Gasteiger partial charge in [0.15, 0.2) is 0 Å². The van der Waals surface area contributed by atoms with Gasteiger partial charge in [-0.05, 0) is 24.3 Å². The van der Waals surface area contributed by atoms with Crippen LogP contribution in [0, 0.1) is 11.8 Å². The fourth-order valence-electron chi connectivity index (χ4n) is 3.72. The first kappa shape index (κ1) is 18.2. The van der Waals surface area contributed by atoms with Gasteiger partial charge in [0.05, 0.1) is 29.9 Å². The minimum atomic E-state index is -0.769. The highest BCUT2D eigenvalue weighted by atomic mass is 16.4. The van der Waals surface area contributed by atoms with Gasteiger partial charge in [-0.1, -0.05) is 44.2 Å². The van der Waals surface area contributed by atoms with Crippen molar-refractivity contribution in [1.29, 1.82) is 0 Å². The summed E-state index contributed by atoms with van der Waals surface area (Å²) in [5.74, 6) is -1.23. The Morgan fingerprint density at radius 3 is 2.62 bits per heavy atom. The van der Waals surface area contributed by atoms with E-state index < -0.39 is 5.97 Å².